The van der Waals surface area contributed by atoms with Gasteiger partial charge in [-0.25, -0.2) is 4.79 Å². The Balaban J connectivity index is 2.86. The van der Waals surface area contributed by atoms with Gasteiger partial charge in [-0.2, -0.15) is 0 Å². The average Bonchev–Trinajstić information content (AvgIpc) is 2.19. The third-order valence-corrected chi connectivity index (χ3v) is 2.27. The molecule has 0 fully saturated rings. The Hall–Kier alpha value is -1.88. The number of nitrogens with one attached hydrogen (secondary N) is 1. The summed E-state index contributed by atoms with van der Waals surface area (Å²) >= 11 is 0. The van der Waals surface area contributed by atoms with Crippen molar-refractivity contribution >= 4 is 17.6 Å². The second-order valence-corrected chi connectivity index (χ2v) is 4.06. The first-order valence-electron chi connectivity index (χ1n) is 5.29. The largest absolute Gasteiger partial charge is 0.478 e. The van der Waals surface area contributed by atoms with Crippen LogP contribution in [-0.2, 0) is 4.79 Å². The van der Waals surface area contributed by atoms with Gasteiger partial charge in [0.25, 0.3) is 0 Å². The number of carboxylic acid groups (broad SMARTS) is 1. The maximum Gasteiger partial charge on any atom is 0.335 e. The fourth-order valence-electron chi connectivity index (χ4n) is 1.38. The van der Waals surface area contributed by atoms with Crippen molar-refractivity contribution in [1.29, 1.82) is 0 Å². The Morgan fingerprint density at radius 3 is 2.65 bits per heavy atom. The molecule has 0 spiro atoms. The minimum atomic E-state index is -1.02. The molecule has 92 valence electrons. The van der Waals surface area contributed by atoms with Gasteiger partial charge in [-0.15, -0.1) is 0 Å². The minimum Gasteiger partial charge on any atom is -0.478 e. The molecule has 1 rings (SSSR count). The molecule has 1 aromatic carbocycles. The molecular weight excluding hydrogens is 220 g/mol. The molecular formula is C12H16N2O3. The first kappa shape index (κ1) is 13.2. The smallest absolute Gasteiger partial charge is 0.335 e. The Morgan fingerprint density at radius 1 is 1.47 bits per heavy atom. The van der Waals surface area contributed by atoms with Gasteiger partial charge >= 0.3 is 5.97 Å². The summed E-state index contributed by atoms with van der Waals surface area (Å²) in [4.78, 5) is 22.3. The number of aryl methyl sites for hydroxylation is 1. The van der Waals surface area contributed by atoms with Gasteiger partial charge in [0.15, 0.2) is 0 Å². The highest BCUT2D eigenvalue weighted by molar-refractivity contribution is 5.94. The SMILES string of the molecule is Cc1ccc(C(=O)O)cc1NC(=O)CC(C)N. The van der Waals surface area contributed by atoms with E-state index >= 15 is 0 Å². The molecule has 1 aromatic rings. The third kappa shape index (κ3) is 3.88. The van der Waals surface area contributed by atoms with Crippen molar-refractivity contribution in [2.45, 2.75) is 26.3 Å². The Morgan fingerprint density at radius 2 is 2.12 bits per heavy atom. The van der Waals surface area contributed by atoms with E-state index in [1.807, 2.05) is 0 Å². The summed E-state index contributed by atoms with van der Waals surface area (Å²) in [6.07, 6.45) is 0.205. The maximum absolute atomic E-state index is 11.5. The zero-order valence-electron chi connectivity index (χ0n) is 9.86. The second kappa shape index (κ2) is 5.45. The number of carbonyl (C=O) groups is 2. The van der Waals surface area contributed by atoms with Crippen LogP contribution in [0.15, 0.2) is 18.2 Å². The van der Waals surface area contributed by atoms with Crippen molar-refractivity contribution in [2.24, 2.45) is 5.73 Å². The quantitative estimate of drug-likeness (QED) is 0.736. The number of hydrogen-bond donors (Lipinski definition) is 3. The predicted octanol–water partition coefficient (Wildman–Crippen LogP) is 1.37. The van der Waals surface area contributed by atoms with Crippen LogP contribution in [-0.4, -0.2) is 23.0 Å². The molecule has 0 saturated carbocycles. The molecule has 4 N–H and O–H groups in total. The molecule has 1 unspecified atom stereocenters. The molecule has 0 aromatic heterocycles. The summed E-state index contributed by atoms with van der Waals surface area (Å²) in [6.45, 7) is 3.53. The normalized spacial score (nSPS) is 11.9. The number of rotatable bonds is 4. The number of aromatic carboxylic acids is 1. The predicted molar refractivity (Wildman–Crippen MR) is 65.0 cm³/mol. The summed E-state index contributed by atoms with van der Waals surface area (Å²) < 4.78 is 0. The average molecular weight is 236 g/mol. The number of amides is 1. The van der Waals surface area contributed by atoms with Gasteiger partial charge < -0.3 is 16.2 Å². The molecule has 0 saturated heterocycles. The van der Waals surface area contributed by atoms with Crippen molar-refractivity contribution in [2.75, 3.05) is 5.32 Å². The van der Waals surface area contributed by atoms with Crippen LogP contribution in [0.25, 0.3) is 0 Å². The van der Waals surface area contributed by atoms with Crippen molar-refractivity contribution < 1.29 is 14.7 Å². The number of benzene rings is 1. The number of hydrogen-bond acceptors (Lipinski definition) is 3. The summed E-state index contributed by atoms with van der Waals surface area (Å²) in [5, 5.41) is 11.5. The van der Waals surface area contributed by atoms with Crippen molar-refractivity contribution in [1.82, 2.24) is 0 Å². The van der Waals surface area contributed by atoms with Gasteiger partial charge in [0.1, 0.15) is 0 Å². The topological polar surface area (TPSA) is 92.4 Å². The molecule has 0 aliphatic rings. The number of nitrogens with two attached hydrogens (primary N) is 1. The molecule has 0 radical (unpaired) electrons. The molecule has 5 heteroatoms. The molecule has 0 heterocycles. The van der Waals surface area contributed by atoms with Crippen LogP contribution in [0.1, 0.15) is 29.3 Å². The van der Waals surface area contributed by atoms with Crippen LogP contribution in [0.5, 0.6) is 0 Å². The Bertz CT molecular complexity index is 441. The van der Waals surface area contributed by atoms with Gasteiger partial charge in [0.2, 0.25) is 5.91 Å². The van der Waals surface area contributed by atoms with Crippen molar-refractivity contribution in [3.8, 4) is 0 Å². The molecule has 17 heavy (non-hydrogen) atoms. The second-order valence-electron chi connectivity index (χ2n) is 4.06. The number of anilines is 1. The van der Waals surface area contributed by atoms with E-state index in [-0.39, 0.29) is 23.9 Å². The Kier molecular flexibility index (Phi) is 4.23. The summed E-state index contributed by atoms with van der Waals surface area (Å²) in [5.74, 6) is -1.24. The zero-order valence-corrected chi connectivity index (χ0v) is 9.86. The van der Waals surface area contributed by atoms with Gasteiger partial charge in [-0.3, -0.25) is 4.79 Å². The van der Waals surface area contributed by atoms with E-state index in [0.29, 0.717) is 5.69 Å². The van der Waals surface area contributed by atoms with Crippen LogP contribution in [0.2, 0.25) is 0 Å². The molecule has 0 bridgehead atoms. The van der Waals surface area contributed by atoms with Crippen LogP contribution >= 0.6 is 0 Å². The van der Waals surface area contributed by atoms with Gasteiger partial charge in [-0.05, 0) is 31.5 Å². The standard InChI is InChI=1S/C12H16N2O3/c1-7-3-4-9(12(16)17)6-10(7)14-11(15)5-8(2)13/h3-4,6,8H,5,13H2,1-2H3,(H,14,15)(H,16,17). The van der Waals surface area contributed by atoms with Crippen molar-refractivity contribution in [3.05, 3.63) is 29.3 Å². The molecule has 1 atom stereocenters. The lowest BCUT2D eigenvalue weighted by Gasteiger charge is -2.10. The van der Waals surface area contributed by atoms with E-state index in [0.717, 1.165) is 5.56 Å². The zero-order chi connectivity index (χ0) is 13.0. The lowest BCUT2D eigenvalue weighted by Crippen LogP contribution is -2.24. The van der Waals surface area contributed by atoms with E-state index in [1.165, 1.54) is 12.1 Å². The highest BCUT2D eigenvalue weighted by Crippen LogP contribution is 2.17. The number of carbonyl (C=O) groups excluding carboxylic acids is 1. The minimum absolute atomic E-state index is 0.145. The fraction of sp³-hybridized carbons (Fsp3) is 0.333. The van der Waals surface area contributed by atoms with E-state index < -0.39 is 5.97 Å². The summed E-state index contributed by atoms with van der Waals surface area (Å²) in [5.41, 5.74) is 6.98. The summed E-state index contributed by atoms with van der Waals surface area (Å²) in [6, 6.07) is 4.37. The first-order valence-corrected chi connectivity index (χ1v) is 5.29. The maximum atomic E-state index is 11.5. The van der Waals surface area contributed by atoms with E-state index in [4.69, 9.17) is 10.8 Å². The lowest BCUT2D eigenvalue weighted by molar-refractivity contribution is -0.116. The monoisotopic (exact) mass is 236 g/mol. The molecule has 0 aliphatic heterocycles. The van der Waals surface area contributed by atoms with E-state index in [1.54, 1.807) is 19.9 Å². The van der Waals surface area contributed by atoms with Gasteiger partial charge in [-0.1, -0.05) is 6.07 Å². The van der Waals surface area contributed by atoms with Crippen LogP contribution in [0.3, 0.4) is 0 Å². The number of carboxylic acids is 1. The van der Waals surface area contributed by atoms with Crippen LogP contribution in [0.4, 0.5) is 5.69 Å². The highest BCUT2D eigenvalue weighted by Gasteiger charge is 2.10. The Labute approximate surface area is 99.6 Å². The first-order chi connectivity index (χ1) is 7.90. The van der Waals surface area contributed by atoms with E-state index in [9.17, 15) is 9.59 Å². The van der Waals surface area contributed by atoms with E-state index in [2.05, 4.69) is 5.32 Å². The fourth-order valence-corrected chi connectivity index (χ4v) is 1.38. The highest BCUT2D eigenvalue weighted by atomic mass is 16.4. The van der Waals surface area contributed by atoms with Crippen LogP contribution in [0, 0.1) is 6.92 Å². The van der Waals surface area contributed by atoms with Crippen LogP contribution < -0.4 is 11.1 Å². The summed E-state index contributed by atoms with van der Waals surface area (Å²) in [7, 11) is 0. The molecule has 1 amide bonds. The molecule has 5 nitrogen and oxygen atoms in total. The van der Waals surface area contributed by atoms with Crippen molar-refractivity contribution in [3.63, 3.8) is 0 Å². The molecule has 0 aliphatic carbocycles. The third-order valence-electron chi connectivity index (χ3n) is 2.27. The van der Waals surface area contributed by atoms with Gasteiger partial charge in [0.05, 0.1) is 5.56 Å². The van der Waals surface area contributed by atoms with Gasteiger partial charge in [0, 0.05) is 18.2 Å². The lowest BCUT2D eigenvalue weighted by atomic mass is 10.1.